The number of unbranched alkanes of at least 4 members (excludes halogenated alkanes) is 2. The zero-order valence-corrected chi connectivity index (χ0v) is 12.0. The minimum absolute atomic E-state index is 0.834. The summed E-state index contributed by atoms with van der Waals surface area (Å²) in [5.74, 6) is 0.993. The molecule has 1 aliphatic rings. The van der Waals surface area contributed by atoms with Crippen LogP contribution in [0.5, 0.6) is 5.75 Å². The second kappa shape index (κ2) is 8.05. The third-order valence-electron chi connectivity index (χ3n) is 3.56. The maximum atomic E-state index is 5.74. The fourth-order valence-corrected chi connectivity index (χ4v) is 2.40. The van der Waals surface area contributed by atoms with Crippen LogP contribution in [-0.4, -0.2) is 32.8 Å². The molecule has 106 valence electrons. The van der Waals surface area contributed by atoms with Gasteiger partial charge in [-0.25, -0.2) is 0 Å². The van der Waals surface area contributed by atoms with Crippen LogP contribution >= 0.6 is 0 Å². The van der Waals surface area contributed by atoms with Crippen LogP contribution in [0.15, 0.2) is 24.3 Å². The van der Waals surface area contributed by atoms with E-state index in [9.17, 15) is 0 Å². The molecule has 1 N–H and O–H groups in total. The predicted molar refractivity (Wildman–Crippen MR) is 81.2 cm³/mol. The first-order chi connectivity index (χ1) is 9.40. The molecule has 1 fully saturated rings. The molecule has 3 heteroatoms. The SMILES string of the molecule is CCCCCOc1ccc(N2CCCNCC2)cc1. The number of hydrogen-bond acceptors (Lipinski definition) is 3. The Morgan fingerprint density at radius 3 is 2.74 bits per heavy atom. The molecule has 1 aromatic rings. The second-order valence-electron chi connectivity index (χ2n) is 5.14. The highest BCUT2D eigenvalue weighted by atomic mass is 16.5. The summed E-state index contributed by atoms with van der Waals surface area (Å²) in [5.41, 5.74) is 1.31. The van der Waals surface area contributed by atoms with Crippen LogP contribution in [0.25, 0.3) is 0 Å². The van der Waals surface area contributed by atoms with Crippen LogP contribution in [0.4, 0.5) is 5.69 Å². The highest BCUT2D eigenvalue weighted by molar-refractivity contribution is 5.49. The lowest BCUT2D eigenvalue weighted by molar-refractivity contribution is 0.306. The van der Waals surface area contributed by atoms with E-state index in [2.05, 4.69) is 41.4 Å². The molecule has 0 saturated carbocycles. The number of nitrogens with one attached hydrogen (secondary N) is 1. The quantitative estimate of drug-likeness (QED) is 0.797. The van der Waals surface area contributed by atoms with Gasteiger partial charge in [-0.15, -0.1) is 0 Å². The normalized spacial score (nSPS) is 16.2. The van der Waals surface area contributed by atoms with Crippen molar-refractivity contribution < 1.29 is 4.74 Å². The molecule has 1 aromatic carbocycles. The van der Waals surface area contributed by atoms with Gasteiger partial charge in [0.25, 0.3) is 0 Å². The molecule has 1 heterocycles. The van der Waals surface area contributed by atoms with Gasteiger partial charge in [0.2, 0.25) is 0 Å². The Morgan fingerprint density at radius 1 is 1.11 bits per heavy atom. The molecule has 1 aliphatic heterocycles. The Kier molecular flexibility index (Phi) is 6.02. The van der Waals surface area contributed by atoms with E-state index in [4.69, 9.17) is 4.74 Å². The molecule has 2 rings (SSSR count). The highest BCUT2D eigenvalue weighted by Gasteiger charge is 2.09. The fraction of sp³-hybridized carbons (Fsp3) is 0.625. The largest absolute Gasteiger partial charge is 0.494 e. The average molecular weight is 262 g/mol. The second-order valence-corrected chi connectivity index (χ2v) is 5.14. The molecule has 0 aliphatic carbocycles. The van der Waals surface area contributed by atoms with Crippen LogP contribution in [0.3, 0.4) is 0 Å². The number of benzene rings is 1. The van der Waals surface area contributed by atoms with Crippen LogP contribution in [0.1, 0.15) is 32.6 Å². The predicted octanol–water partition coefficient (Wildman–Crippen LogP) is 3.06. The van der Waals surface area contributed by atoms with Gasteiger partial charge in [0.15, 0.2) is 0 Å². The Bertz CT molecular complexity index is 342. The molecular formula is C16H26N2O. The van der Waals surface area contributed by atoms with Gasteiger partial charge in [0.05, 0.1) is 6.61 Å². The van der Waals surface area contributed by atoms with Crippen molar-refractivity contribution in [3.05, 3.63) is 24.3 Å². The molecule has 0 radical (unpaired) electrons. The first kappa shape index (κ1) is 14.2. The van der Waals surface area contributed by atoms with Crippen molar-refractivity contribution >= 4 is 5.69 Å². The number of nitrogens with zero attached hydrogens (tertiary/aromatic N) is 1. The summed E-state index contributed by atoms with van der Waals surface area (Å²) in [6.07, 6.45) is 4.86. The maximum absolute atomic E-state index is 5.74. The van der Waals surface area contributed by atoms with E-state index in [1.807, 2.05) is 0 Å². The van der Waals surface area contributed by atoms with Crippen molar-refractivity contribution in [1.82, 2.24) is 5.32 Å². The van der Waals surface area contributed by atoms with E-state index in [1.165, 1.54) is 24.9 Å². The number of rotatable bonds is 6. The van der Waals surface area contributed by atoms with Crippen molar-refractivity contribution in [2.24, 2.45) is 0 Å². The molecular weight excluding hydrogens is 236 g/mol. The highest BCUT2D eigenvalue weighted by Crippen LogP contribution is 2.20. The van der Waals surface area contributed by atoms with Gasteiger partial charge >= 0.3 is 0 Å². The molecule has 19 heavy (non-hydrogen) atoms. The minimum atomic E-state index is 0.834. The van der Waals surface area contributed by atoms with Crippen LogP contribution < -0.4 is 15.0 Å². The summed E-state index contributed by atoms with van der Waals surface area (Å²) in [7, 11) is 0. The molecule has 0 spiro atoms. The zero-order valence-electron chi connectivity index (χ0n) is 12.0. The zero-order chi connectivity index (χ0) is 13.3. The van der Waals surface area contributed by atoms with Crippen molar-refractivity contribution in [1.29, 1.82) is 0 Å². The Morgan fingerprint density at radius 2 is 1.95 bits per heavy atom. The molecule has 0 unspecified atom stereocenters. The van der Waals surface area contributed by atoms with Gasteiger partial charge < -0.3 is 15.0 Å². The summed E-state index contributed by atoms with van der Waals surface area (Å²) < 4.78 is 5.74. The van der Waals surface area contributed by atoms with Crippen molar-refractivity contribution in [2.45, 2.75) is 32.6 Å². The van der Waals surface area contributed by atoms with Gasteiger partial charge in [-0.1, -0.05) is 19.8 Å². The third-order valence-corrected chi connectivity index (χ3v) is 3.56. The summed E-state index contributed by atoms with van der Waals surface area (Å²) in [6, 6.07) is 8.56. The molecule has 1 saturated heterocycles. The Balaban J connectivity index is 1.83. The molecule has 0 aromatic heterocycles. The fourth-order valence-electron chi connectivity index (χ4n) is 2.40. The lowest BCUT2D eigenvalue weighted by Crippen LogP contribution is -2.27. The van der Waals surface area contributed by atoms with E-state index in [0.29, 0.717) is 0 Å². The van der Waals surface area contributed by atoms with Crippen molar-refractivity contribution in [3.8, 4) is 5.75 Å². The van der Waals surface area contributed by atoms with Crippen LogP contribution in [0, 0.1) is 0 Å². The van der Waals surface area contributed by atoms with Gasteiger partial charge in [0.1, 0.15) is 5.75 Å². The topological polar surface area (TPSA) is 24.5 Å². The number of anilines is 1. The standard InChI is InChI=1S/C16H26N2O/c1-2-3-4-14-19-16-8-6-15(7-9-16)18-12-5-10-17-11-13-18/h6-9,17H,2-5,10-14H2,1H3. The lowest BCUT2D eigenvalue weighted by atomic mass is 10.2. The van der Waals surface area contributed by atoms with Crippen LogP contribution in [0.2, 0.25) is 0 Å². The Labute approximate surface area is 116 Å². The number of hydrogen-bond donors (Lipinski definition) is 1. The van der Waals surface area contributed by atoms with E-state index in [1.54, 1.807) is 0 Å². The van der Waals surface area contributed by atoms with E-state index in [0.717, 1.165) is 45.0 Å². The van der Waals surface area contributed by atoms with Gasteiger partial charge in [0, 0.05) is 25.3 Å². The van der Waals surface area contributed by atoms with Gasteiger partial charge in [-0.2, -0.15) is 0 Å². The number of ether oxygens (including phenoxy) is 1. The van der Waals surface area contributed by atoms with Gasteiger partial charge in [-0.05, 0) is 43.7 Å². The molecule has 0 bridgehead atoms. The lowest BCUT2D eigenvalue weighted by Gasteiger charge is -2.22. The Hall–Kier alpha value is -1.22. The molecule has 3 nitrogen and oxygen atoms in total. The maximum Gasteiger partial charge on any atom is 0.119 e. The first-order valence-electron chi connectivity index (χ1n) is 7.58. The summed E-state index contributed by atoms with van der Waals surface area (Å²) in [6.45, 7) is 7.50. The van der Waals surface area contributed by atoms with Gasteiger partial charge in [-0.3, -0.25) is 0 Å². The monoisotopic (exact) mass is 262 g/mol. The minimum Gasteiger partial charge on any atom is -0.494 e. The van der Waals surface area contributed by atoms with Crippen molar-refractivity contribution in [3.63, 3.8) is 0 Å². The summed E-state index contributed by atoms with van der Waals surface area (Å²) in [4.78, 5) is 2.45. The summed E-state index contributed by atoms with van der Waals surface area (Å²) >= 11 is 0. The van der Waals surface area contributed by atoms with Crippen LogP contribution in [-0.2, 0) is 0 Å². The van der Waals surface area contributed by atoms with E-state index in [-0.39, 0.29) is 0 Å². The molecule has 0 atom stereocenters. The average Bonchev–Trinajstić information content (AvgIpc) is 2.73. The van der Waals surface area contributed by atoms with E-state index >= 15 is 0 Å². The smallest absolute Gasteiger partial charge is 0.119 e. The van der Waals surface area contributed by atoms with Crippen molar-refractivity contribution in [2.75, 3.05) is 37.7 Å². The third kappa shape index (κ3) is 4.75. The van der Waals surface area contributed by atoms with E-state index < -0.39 is 0 Å². The molecule has 0 amide bonds. The first-order valence-corrected chi connectivity index (χ1v) is 7.58. The summed E-state index contributed by atoms with van der Waals surface area (Å²) in [5, 5.41) is 3.43.